The quantitative estimate of drug-likeness (QED) is 0.869. The topological polar surface area (TPSA) is 64.6 Å². The Bertz CT molecular complexity index is 529. The molecule has 0 saturated heterocycles. The molecule has 0 amide bonds. The predicted octanol–water partition coefficient (Wildman–Crippen LogP) is 0.849. The van der Waals surface area contributed by atoms with Gasteiger partial charge in [-0.1, -0.05) is 12.1 Å². The molecule has 1 aliphatic heterocycles. The summed E-state index contributed by atoms with van der Waals surface area (Å²) in [4.78, 5) is 0. The minimum absolute atomic E-state index is 0.0527. The SMILES string of the molecule is CNC(CCS(C)(=O)=O)C1COc2ccccc2O1. The lowest BCUT2D eigenvalue weighted by atomic mass is 10.1. The Hall–Kier alpha value is -1.27. The highest BCUT2D eigenvalue weighted by Crippen LogP contribution is 2.31. The van der Waals surface area contributed by atoms with Gasteiger partial charge in [-0.05, 0) is 25.6 Å². The van der Waals surface area contributed by atoms with Gasteiger partial charge >= 0.3 is 0 Å². The molecule has 1 aromatic rings. The first kappa shape index (κ1) is 14.1. The number of rotatable bonds is 5. The summed E-state index contributed by atoms with van der Waals surface area (Å²) in [5.41, 5.74) is 0. The number of sulfone groups is 1. The number of hydrogen-bond acceptors (Lipinski definition) is 5. The fourth-order valence-corrected chi connectivity index (χ4v) is 2.77. The summed E-state index contributed by atoms with van der Waals surface area (Å²) in [5, 5.41) is 3.11. The molecule has 1 aromatic carbocycles. The van der Waals surface area contributed by atoms with E-state index in [1.807, 2.05) is 24.3 Å². The summed E-state index contributed by atoms with van der Waals surface area (Å²) in [7, 11) is -1.16. The summed E-state index contributed by atoms with van der Waals surface area (Å²) in [6.07, 6.45) is 1.57. The maximum absolute atomic E-state index is 11.2. The van der Waals surface area contributed by atoms with Crippen LogP contribution in [0.25, 0.3) is 0 Å². The number of para-hydroxylation sites is 2. The molecule has 106 valence electrons. The third kappa shape index (κ3) is 3.84. The highest BCUT2D eigenvalue weighted by Gasteiger charge is 2.28. The van der Waals surface area contributed by atoms with Gasteiger partial charge < -0.3 is 14.8 Å². The van der Waals surface area contributed by atoms with Crippen LogP contribution in [0.1, 0.15) is 6.42 Å². The normalized spacial score (nSPS) is 20.0. The molecule has 0 fully saturated rings. The first-order chi connectivity index (χ1) is 8.99. The standard InChI is InChI=1S/C13H19NO4S/c1-14-10(7-8-19(2,15)16)13-9-17-11-5-3-4-6-12(11)18-13/h3-6,10,13-14H,7-9H2,1-2H3. The molecular formula is C13H19NO4S. The zero-order valence-electron chi connectivity index (χ0n) is 11.1. The van der Waals surface area contributed by atoms with Crippen molar-refractivity contribution in [3.63, 3.8) is 0 Å². The van der Waals surface area contributed by atoms with Crippen molar-refractivity contribution in [1.29, 1.82) is 0 Å². The minimum Gasteiger partial charge on any atom is -0.486 e. The van der Waals surface area contributed by atoms with Gasteiger partial charge in [0.2, 0.25) is 0 Å². The van der Waals surface area contributed by atoms with Crippen LogP contribution in [0.3, 0.4) is 0 Å². The van der Waals surface area contributed by atoms with E-state index in [-0.39, 0.29) is 17.9 Å². The Balaban J connectivity index is 2.02. The maximum atomic E-state index is 11.2. The van der Waals surface area contributed by atoms with Gasteiger partial charge in [0.25, 0.3) is 0 Å². The molecule has 2 rings (SSSR count). The van der Waals surface area contributed by atoms with Crippen molar-refractivity contribution in [2.45, 2.75) is 18.6 Å². The molecule has 0 spiro atoms. The van der Waals surface area contributed by atoms with E-state index < -0.39 is 9.84 Å². The Morgan fingerprint density at radius 1 is 1.37 bits per heavy atom. The van der Waals surface area contributed by atoms with Gasteiger partial charge in [-0.25, -0.2) is 8.42 Å². The summed E-state index contributed by atoms with van der Waals surface area (Å²) in [5.74, 6) is 1.58. The molecule has 1 N–H and O–H groups in total. The van der Waals surface area contributed by atoms with E-state index in [4.69, 9.17) is 9.47 Å². The van der Waals surface area contributed by atoms with Gasteiger partial charge in [-0.3, -0.25) is 0 Å². The molecule has 6 heteroatoms. The first-order valence-corrected chi connectivity index (χ1v) is 8.29. The lowest BCUT2D eigenvalue weighted by Crippen LogP contribution is -2.47. The van der Waals surface area contributed by atoms with Gasteiger partial charge in [-0.2, -0.15) is 0 Å². The number of benzene rings is 1. The van der Waals surface area contributed by atoms with Crippen LogP contribution in [-0.4, -0.2) is 46.2 Å². The molecule has 19 heavy (non-hydrogen) atoms. The largest absolute Gasteiger partial charge is 0.486 e. The molecule has 0 aromatic heterocycles. The number of fused-ring (bicyclic) bond motifs is 1. The molecular weight excluding hydrogens is 266 g/mol. The number of likely N-dealkylation sites (N-methyl/N-ethyl adjacent to an activating group) is 1. The van der Waals surface area contributed by atoms with Crippen LogP contribution < -0.4 is 14.8 Å². The molecule has 2 unspecified atom stereocenters. The van der Waals surface area contributed by atoms with Gasteiger partial charge in [0, 0.05) is 12.3 Å². The summed E-state index contributed by atoms with van der Waals surface area (Å²) in [6.45, 7) is 0.423. The average molecular weight is 285 g/mol. The molecule has 0 bridgehead atoms. The molecule has 0 aliphatic carbocycles. The minimum atomic E-state index is -2.96. The first-order valence-electron chi connectivity index (χ1n) is 6.23. The van der Waals surface area contributed by atoms with Gasteiger partial charge in [-0.15, -0.1) is 0 Å². The fraction of sp³-hybridized carbons (Fsp3) is 0.538. The summed E-state index contributed by atoms with van der Waals surface area (Å²) in [6, 6.07) is 7.43. The Labute approximate surface area is 113 Å². The Kier molecular flexibility index (Phi) is 4.31. The second-order valence-corrected chi connectivity index (χ2v) is 6.99. The zero-order valence-corrected chi connectivity index (χ0v) is 11.9. The third-order valence-electron chi connectivity index (χ3n) is 3.15. The van der Waals surface area contributed by atoms with E-state index in [0.29, 0.717) is 18.8 Å². The lowest BCUT2D eigenvalue weighted by molar-refractivity contribution is 0.0632. The molecule has 0 saturated carbocycles. The average Bonchev–Trinajstić information content (AvgIpc) is 2.38. The van der Waals surface area contributed by atoms with Crippen LogP contribution in [0.5, 0.6) is 11.5 Å². The fourth-order valence-electron chi connectivity index (χ4n) is 2.09. The molecule has 1 heterocycles. The number of hydrogen-bond donors (Lipinski definition) is 1. The maximum Gasteiger partial charge on any atom is 0.161 e. The van der Waals surface area contributed by atoms with Crippen molar-refractivity contribution in [2.24, 2.45) is 0 Å². The summed E-state index contributed by atoms with van der Waals surface area (Å²) >= 11 is 0. The van der Waals surface area contributed by atoms with E-state index in [2.05, 4.69) is 5.32 Å². The van der Waals surface area contributed by atoms with Crippen LogP contribution in [0.4, 0.5) is 0 Å². The monoisotopic (exact) mass is 285 g/mol. The Morgan fingerprint density at radius 3 is 2.68 bits per heavy atom. The molecule has 0 radical (unpaired) electrons. The van der Waals surface area contributed by atoms with E-state index in [9.17, 15) is 8.42 Å². The van der Waals surface area contributed by atoms with Crippen molar-refractivity contribution in [3.8, 4) is 11.5 Å². The van der Waals surface area contributed by atoms with E-state index in [1.54, 1.807) is 7.05 Å². The second kappa shape index (κ2) is 5.79. The van der Waals surface area contributed by atoms with Crippen LogP contribution in [-0.2, 0) is 9.84 Å². The van der Waals surface area contributed by atoms with Crippen LogP contribution in [0, 0.1) is 0 Å². The van der Waals surface area contributed by atoms with Crippen LogP contribution in [0.2, 0.25) is 0 Å². The van der Waals surface area contributed by atoms with Crippen LogP contribution >= 0.6 is 0 Å². The van der Waals surface area contributed by atoms with E-state index >= 15 is 0 Å². The van der Waals surface area contributed by atoms with Crippen molar-refractivity contribution in [1.82, 2.24) is 5.32 Å². The highest BCUT2D eigenvalue weighted by molar-refractivity contribution is 7.90. The zero-order chi connectivity index (χ0) is 13.9. The van der Waals surface area contributed by atoms with Crippen molar-refractivity contribution in [2.75, 3.05) is 25.7 Å². The number of nitrogens with one attached hydrogen (secondary N) is 1. The van der Waals surface area contributed by atoms with E-state index in [1.165, 1.54) is 6.26 Å². The smallest absolute Gasteiger partial charge is 0.161 e. The summed E-state index contributed by atoms with van der Waals surface area (Å²) < 4.78 is 34.0. The Morgan fingerprint density at radius 2 is 2.05 bits per heavy atom. The molecule has 2 atom stereocenters. The van der Waals surface area contributed by atoms with Gasteiger partial charge in [0.15, 0.2) is 11.5 Å². The third-order valence-corrected chi connectivity index (χ3v) is 4.13. The van der Waals surface area contributed by atoms with Gasteiger partial charge in [0.05, 0.1) is 5.75 Å². The molecule has 5 nitrogen and oxygen atoms in total. The van der Waals surface area contributed by atoms with Gasteiger partial charge in [0.1, 0.15) is 22.5 Å². The molecule has 1 aliphatic rings. The lowest BCUT2D eigenvalue weighted by Gasteiger charge is -2.32. The predicted molar refractivity (Wildman–Crippen MR) is 73.5 cm³/mol. The highest BCUT2D eigenvalue weighted by atomic mass is 32.2. The van der Waals surface area contributed by atoms with E-state index in [0.717, 1.165) is 5.75 Å². The second-order valence-electron chi connectivity index (χ2n) is 4.73. The number of ether oxygens (including phenoxy) is 2. The van der Waals surface area contributed by atoms with Crippen molar-refractivity contribution >= 4 is 9.84 Å². The van der Waals surface area contributed by atoms with Crippen LogP contribution in [0.15, 0.2) is 24.3 Å². The van der Waals surface area contributed by atoms with Crippen molar-refractivity contribution in [3.05, 3.63) is 24.3 Å². The van der Waals surface area contributed by atoms with Crippen molar-refractivity contribution < 1.29 is 17.9 Å².